The lowest BCUT2D eigenvalue weighted by atomic mass is 10.0. The molecule has 0 unspecified atom stereocenters. The third kappa shape index (κ3) is 6.94. The third-order valence-corrected chi connectivity index (χ3v) is 7.51. The summed E-state index contributed by atoms with van der Waals surface area (Å²) < 4.78 is 19.3. The summed E-state index contributed by atoms with van der Waals surface area (Å²) in [5.41, 5.74) is 2.32. The standard InChI is InChI=1S/C30H33ClN4O6/c1-34-16-21(31)14-24(34)30(38)35-12-11-25-23(17-35)33-29(37)18-40-26-9-5-19(13-27(26)39-2)6-10-28(36)32-15-20-3-7-22(41-25)8-4-20/h3-5,7-9,13-14,16,23,25H,6,10-12,15,17-18H2,1-2H3,(H,32,36)(H,33,37)/t23-,25-/m1/s1. The molecule has 216 valence electrons. The van der Waals surface area contributed by atoms with Crippen LogP contribution >= 0.6 is 11.6 Å². The fourth-order valence-corrected chi connectivity index (χ4v) is 5.33. The number of rotatable bonds is 2. The summed E-state index contributed by atoms with van der Waals surface area (Å²) in [5, 5.41) is 6.45. The van der Waals surface area contributed by atoms with E-state index in [0.29, 0.717) is 60.3 Å². The van der Waals surface area contributed by atoms with Crippen LogP contribution in [0.2, 0.25) is 5.02 Å². The van der Waals surface area contributed by atoms with E-state index in [1.807, 2.05) is 36.4 Å². The molecule has 2 aromatic carbocycles. The molecule has 6 heterocycles. The van der Waals surface area contributed by atoms with Crippen LogP contribution in [0.4, 0.5) is 0 Å². The van der Waals surface area contributed by atoms with E-state index in [9.17, 15) is 14.4 Å². The smallest absolute Gasteiger partial charge is 0.270 e. The lowest BCUT2D eigenvalue weighted by Gasteiger charge is -2.38. The van der Waals surface area contributed by atoms with Gasteiger partial charge in [-0.2, -0.15) is 0 Å². The molecular formula is C30H33ClN4O6. The van der Waals surface area contributed by atoms with Crippen LogP contribution in [0.15, 0.2) is 54.7 Å². The Morgan fingerprint density at radius 1 is 1.05 bits per heavy atom. The molecule has 8 rings (SSSR count). The number of ether oxygens (including phenoxy) is 3. The lowest BCUT2D eigenvalue weighted by Crippen LogP contribution is -2.58. The van der Waals surface area contributed by atoms with Crippen molar-refractivity contribution in [1.29, 1.82) is 0 Å². The van der Waals surface area contributed by atoms with Crippen molar-refractivity contribution in [2.24, 2.45) is 7.05 Å². The summed E-state index contributed by atoms with van der Waals surface area (Å²) in [5.74, 6) is 0.934. The van der Waals surface area contributed by atoms with Gasteiger partial charge in [-0.15, -0.1) is 0 Å². The minimum absolute atomic E-state index is 0.0579. The van der Waals surface area contributed by atoms with Crippen molar-refractivity contribution < 1.29 is 28.6 Å². The van der Waals surface area contributed by atoms with Crippen molar-refractivity contribution in [2.75, 3.05) is 26.8 Å². The number of aryl methyl sites for hydroxylation is 2. The van der Waals surface area contributed by atoms with Gasteiger partial charge in [-0.05, 0) is 47.9 Å². The molecule has 5 aliphatic rings. The Morgan fingerprint density at radius 3 is 2.56 bits per heavy atom. The number of hydrogen-bond donors (Lipinski definition) is 2. The summed E-state index contributed by atoms with van der Waals surface area (Å²) in [6.07, 6.45) is 2.66. The molecule has 0 saturated carbocycles. The first-order valence-corrected chi connectivity index (χ1v) is 13.9. The van der Waals surface area contributed by atoms with Gasteiger partial charge in [0.1, 0.15) is 17.5 Å². The van der Waals surface area contributed by atoms with Gasteiger partial charge in [0.15, 0.2) is 18.1 Å². The minimum atomic E-state index is -0.492. The van der Waals surface area contributed by atoms with Crippen LogP contribution in [0.5, 0.6) is 17.2 Å². The van der Waals surface area contributed by atoms with E-state index in [1.165, 1.54) is 7.11 Å². The van der Waals surface area contributed by atoms with Gasteiger partial charge >= 0.3 is 0 Å². The Hall–Kier alpha value is -4.18. The molecule has 0 aliphatic carbocycles. The Kier molecular flexibility index (Phi) is 8.68. The van der Waals surface area contributed by atoms with E-state index >= 15 is 0 Å². The number of nitrogens with one attached hydrogen (secondary N) is 2. The SMILES string of the molecule is COc1cc2ccc1OCC(=O)N[C@@H]1CN(C(=O)c3cc(Cl)cn3C)CC[C@H]1Oc1ccc(cc1)CNC(=O)CC2. The van der Waals surface area contributed by atoms with E-state index in [-0.39, 0.29) is 37.0 Å². The number of hydrogen-bond acceptors (Lipinski definition) is 6. The largest absolute Gasteiger partial charge is 0.493 e. The van der Waals surface area contributed by atoms with E-state index in [2.05, 4.69) is 10.6 Å². The Balaban J connectivity index is 1.38. The molecule has 4 bridgehead atoms. The van der Waals surface area contributed by atoms with Crippen LogP contribution < -0.4 is 24.8 Å². The molecule has 1 aromatic heterocycles. The zero-order valence-electron chi connectivity index (χ0n) is 23.0. The summed E-state index contributed by atoms with van der Waals surface area (Å²) in [7, 11) is 3.29. The molecule has 3 amide bonds. The lowest BCUT2D eigenvalue weighted by molar-refractivity contribution is -0.125. The number of aromatic nitrogens is 1. The highest BCUT2D eigenvalue weighted by Crippen LogP contribution is 2.29. The maximum absolute atomic E-state index is 13.3. The van der Waals surface area contributed by atoms with Gasteiger partial charge in [0, 0.05) is 45.7 Å². The topological polar surface area (TPSA) is 111 Å². The molecule has 1 saturated heterocycles. The normalized spacial score (nSPS) is 19.8. The molecule has 1 fully saturated rings. The monoisotopic (exact) mass is 580 g/mol. The summed E-state index contributed by atoms with van der Waals surface area (Å²) >= 11 is 6.11. The van der Waals surface area contributed by atoms with Crippen LogP contribution in [0.3, 0.4) is 0 Å². The Bertz CT molecular complexity index is 1420. The van der Waals surface area contributed by atoms with Crippen LogP contribution in [0, 0.1) is 0 Å². The molecule has 2 atom stereocenters. The molecule has 2 N–H and O–H groups in total. The highest BCUT2D eigenvalue weighted by molar-refractivity contribution is 6.31. The number of amides is 3. The predicted octanol–water partition coefficient (Wildman–Crippen LogP) is 3.11. The highest BCUT2D eigenvalue weighted by atomic mass is 35.5. The maximum atomic E-state index is 13.3. The van der Waals surface area contributed by atoms with Crippen molar-refractivity contribution in [3.8, 4) is 17.2 Å². The average Bonchev–Trinajstić information content (AvgIpc) is 3.32. The summed E-state index contributed by atoms with van der Waals surface area (Å²) in [6, 6.07) is 14.0. The van der Waals surface area contributed by atoms with E-state index in [1.54, 1.807) is 34.8 Å². The number of methoxy groups -OCH3 is 1. The van der Waals surface area contributed by atoms with E-state index in [4.69, 9.17) is 25.8 Å². The summed E-state index contributed by atoms with van der Waals surface area (Å²) in [6.45, 7) is 0.845. The number of likely N-dealkylation sites (tertiary alicyclic amines) is 1. The molecule has 41 heavy (non-hydrogen) atoms. The second-order valence-corrected chi connectivity index (χ2v) is 10.7. The van der Waals surface area contributed by atoms with E-state index < -0.39 is 6.04 Å². The van der Waals surface area contributed by atoms with Crippen molar-refractivity contribution in [1.82, 2.24) is 20.1 Å². The van der Waals surface area contributed by atoms with E-state index in [0.717, 1.165) is 11.1 Å². The Labute approximate surface area is 243 Å². The highest BCUT2D eigenvalue weighted by Gasteiger charge is 2.35. The molecule has 5 aliphatic heterocycles. The van der Waals surface area contributed by atoms with Crippen LogP contribution in [0.25, 0.3) is 0 Å². The van der Waals surface area contributed by atoms with Crippen molar-refractivity contribution in [2.45, 2.75) is 38.0 Å². The van der Waals surface area contributed by atoms with Gasteiger partial charge in [0.05, 0.1) is 18.2 Å². The maximum Gasteiger partial charge on any atom is 0.270 e. The van der Waals surface area contributed by atoms with Crippen LogP contribution in [-0.4, -0.2) is 66.1 Å². The molecule has 0 radical (unpaired) electrons. The number of benzene rings is 2. The number of piperidine rings is 1. The Morgan fingerprint density at radius 2 is 1.83 bits per heavy atom. The van der Waals surface area contributed by atoms with Gasteiger partial charge in [-0.3, -0.25) is 14.4 Å². The number of carbonyl (C=O) groups excluding carboxylic acids is 3. The van der Waals surface area contributed by atoms with Gasteiger partial charge in [-0.1, -0.05) is 29.8 Å². The van der Waals surface area contributed by atoms with Crippen LogP contribution in [-0.2, 0) is 29.6 Å². The second kappa shape index (κ2) is 12.6. The van der Waals surface area contributed by atoms with Gasteiger partial charge in [0.25, 0.3) is 11.8 Å². The molecular weight excluding hydrogens is 548 g/mol. The number of nitrogens with zero attached hydrogens (tertiary/aromatic N) is 2. The molecule has 11 heteroatoms. The first-order chi connectivity index (χ1) is 19.8. The zero-order chi connectivity index (χ0) is 28.9. The molecule has 0 spiro atoms. The average molecular weight is 581 g/mol. The van der Waals surface area contributed by atoms with Crippen molar-refractivity contribution >= 4 is 29.3 Å². The fraction of sp³-hybridized carbons (Fsp3) is 0.367. The van der Waals surface area contributed by atoms with Gasteiger partial charge in [0.2, 0.25) is 5.91 Å². The molecule has 3 aromatic rings. The van der Waals surface area contributed by atoms with Gasteiger partial charge in [-0.25, -0.2) is 0 Å². The summed E-state index contributed by atoms with van der Waals surface area (Å²) in [4.78, 5) is 40.5. The number of carbonyl (C=O) groups is 3. The van der Waals surface area contributed by atoms with Crippen LogP contribution in [0.1, 0.15) is 34.5 Å². The molecule has 10 nitrogen and oxygen atoms in total. The minimum Gasteiger partial charge on any atom is -0.493 e. The quantitative estimate of drug-likeness (QED) is 0.482. The fourth-order valence-electron chi connectivity index (χ4n) is 5.08. The number of halogens is 1. The zero-order valence-corrected chi connectivity index (χ0v) is 23.8. The third-order valence-electron chi connectivity index (χ3n) is 7.30. The predicted molar refractivity (Wildman–Crippen MR) is 152 cm³/mol. The van der Waals surface area contributed by atoms with Gasteiger partial charge < -0.3 is 34.3 Å². The van der Waals surface area contributed by atoms with Crippen molar-refractivity contribution in [3.05, 3.63) is 76.6 Å². The first kappa shape index (κ1) is 28.4. The second-order valence-electron chi connectivity index (χ2n) is 10.2. The first-order valence-electron chi connectivity index (χ1n) is 13.5. The van der Waals surface area contributed by atoms with Crippen molar-refractivity contribution in [3.63, 3.8) is 0 Å².